The molecule has 6 nitrogen and oxygen atoms in total. The van der Waals surface area contributed by atoms with E-state index in [1.165, 1.54) is 23.3 Å². The molecule has 0 radical (unpaired) electrons. The summed E-state index contributed by atoms with van der Waals surface area (Å²) in [6.45, 7) is 1.66. The summed E-state index contributed by atoms with van der Waals surface area (Å²) in [6.07, 6.45) is 0.0878. The lowest BCUT2D eigenvalue weighted by Crippen LogP contribution is -2.36. The molecule has 20 heavy (non-hydrogen) atoms. The van der Waals surface area contributed by atoms with E-state index in [4.69, 9.17) is 10.2 Å². The fraction of sp³-hybridized carbons (Fsp3) is 0.308. The van der Waals surface area contributed by atoms with Gasteiger partial charge in [-0.2, -0.15) is 0 Å². The summed E-state index contributed by atoms with van der Waals surface area (Å²) in [4.78, 5) is 29.3. The van der Waals surface area contributed by atoms with Crippen LogP contribution in [0.1, 0.15) is 11.5 Å². The zero-order valence-corrected chi connectivity index (χ0v) is 12.1. The molecule has 2 rings (SSSR count). The molecule has 0 aliphatic rings. The van der Waals surface area contributed by atoms with Crippen LogP contribution < -0.4 is 5.73 Å². The van der Waals surface area contributed by atoms with E-state index in [-0.39, 0.29) is 18.9 Å². The van der Waals surface area contributed by atoms with E-state index in [0.29, 0.717) is 17.3 Å². The third-order valence-corrected chi connectivity index (χ3v) is 3.62. The molecule has 0 fully saturated rings. The number of hydrogen-bond acceptors (Lipinski definition) is 5. The standard InChI is InChI=1S/C13H15N3O3S/c1-8-9(6-12(18)16(2)7-11(14)17)15-13(19-8)10-4-3-5-20-10/h3-5H,6-7H2,1-2H3,(H2,14,17). The highest BCUT2D eigenvalue weighted by Gasteiger charge is 2.18. The van der Waals surface area contributed by atoms with Crippen LogP contribution in [0.15, 0.2) is 21.9 Å². The molecule has 2 amide bonds. The number of aryl methyl sites for hydroxylation is 1. The number of oxazole rings is 1. The summed E-state index contributed by atoms with van der Waals surface area (Å²) in [5, 5.41) is 1.93. The summed E-state index contributed by atoms with van der Waals surface area (Å²) in [6, 6.07) is 3.81. The number of nitrogens with zero attached hydrogens (tertiary/aromatic N) is 2. The van der Waals surface area contributed by atoms with E-state index in [1.807, 2.05) is 17.5 Å². The quantitative estimate of drug-likeness (QED) is 0.897. The maximum absolute atomic E-state index is 11.9. The first-order valence-electron chi connectivity index (χ1n) is 6.00. The van der Waals surface area contributed by atoms with Crippen LogP contribution in [-0.2, 0) is 16.0 Å². The van der Waals surface area contributed by atoms with Crippen molar-refractivity contribution in [2.75, 3.05) is 13.6 Å². The molecule has 2 heterocycles. The number of aromatic nitrogens is 1. The maximum atomic E-state index is 11.9. The Labute approximate surface area is 120 Å². The van der Waals surface area contributed by atoms with Gasteiger partial charge in [0.2, 0.25) is 17.7 Å². The zero-order chi connectivity index (χ0) is 14.7. The minimum absolute atomic E-state index is 0.0878. The van der Waals surface area contributed by atoms with Crippen LogP contribution in [0.3, 0.4) is 0 Å². The summed E-state index contributed by atoms with van der Waals surface area (Å²) in [5.74, 6) is 0.349. The van der Waals surface area contributed by atoms with Gasteiger partial charge >= 0.3 is 0 Å². The molecule has 0 aliphatic heterocycles. The summed E-state index contributed by atoms with van der Waals surface area (Å²) in [5.41, 5.74) is 5.64. The second-order valence-corrected chi connectivity index (χ2v) is 5.34. The third-order valence-electron chi connectivity index (χ3n) is 2.76. The Bertz CT molecular complexity index is 619. The Kier molecular flexibility index (Phi) is 4.19. The number of rotatable bonds is 5. The predicted molar refractivity (Wildman–Crippen MR) is 75.1 cm³/mol. The van der Waals surface area contributed by atoms with Gasteiger partial charge in [0.1, 0.15) is 5.76 Å². The predicted octanol–water partition coefficient (Wildman–Crippen LogP) is 1.20. The van der Waals surface area contributed by atoms with Gasteiger partial charge in [0.05, 0.1) is 23.5 Å². The molecular weight excluding hydrogens is 278 g/mol. The van der Waals surface area contributed by atoms with E-state index in [0.717, 1.165) is 4.88 Å². The van der Waals surface area contributed by atoms with Gasteiger partial charge in [0.15, 0.2) is 0 Å². The van der Waals surface area contributed by atoms with Crippen molar-refractivity contribution < 1.29 is 14.0 Å². The zero-order valence-electron chi connectivity index (χ0n) is 11.3. The smallest absolute Gasteiger partial charge is 0.237 e. The van der Waals surface area contributed by atoms with E-state index >= 15 is 0 Å². The van der Waals surface area contributed by atoms with E-state index < -0.39 is 5.91 Å². The van der Waals surface area contributed by atoms with Gasteiger partial charge in [-0.25, -0.2) is 4.98 Å². The molecule has 0 saturated carbocycles. The lowest BCUT2D eigenvalue weighted by Gasteiger charge is -2.13. The molecule has 0 aromatic carbocycles. The highest BCUT2D eigenvalue weighted by atomic mass is 32.1. The average molecular weight is 293 g/mol. The van der Waals surface area contributed by atoms with Gasteiger partial charge in [-0.3, -0.25) is 9.59 Å². The first-order valence-corrected chi connectivity index (χ1v) is 6.87. The van der Waals surface area contributed by atoms with Gasteiger partial charge in [-0.1, -0.05) is 6.07 Å². The highest BCUT2D eigenvalue weighted by Crippen LogP contribution is 2.26. The Morgan fingerprint density at radius 3 is 2.85 bits per heavy atom. The number of nitrogens with two attached hydrogens (primary N) is 1. The normalized spacial score (nSPS) is 10.5. The Morgan fingerprint density at radius 2 is 2.25 bits per heavy atom. The van der Waals surface area contributed by atoms with Gasteiger partial charge in [-0.05, 0) is 18.4 Å². The number of amides is 2. The highest BCUT2D eigenvalue weighted by molar-refractivity contribution is 7.13. The molecular formula is C13H15N3O3S. The minimum atomic E-state index is -0.544. The molecule has 7 heteroatoms. The van der Waals surface area contributed by atoms with Crippen LogP contribution in [0.2, 0.25) is 0 Å². The first kappa shape index (κ1) is 14.3. The van der Waals surface area contributed by atoms with Crippen molar-refractivity contribution >= 4 is 23.2 Å². The molecule has 0 atom stereocenters. The first-order chi connectivity index (χ1) is 9.47. The van der Waals surface area contributed by atoms with Crippen LogP contribution in [-0.4, -0.2) is 35.3 Å². The second-order valence-electron chi connectivity index (χ2n) is 4.39. The van der Waals surface area contributed by atoms with E-state index in [1.54, 1.807) is 6.92 Å². The Morgan fingerprint density at radius 1 is 1.50 bits per heavy atom. The SMILES string of the molecule is Cc1oc(-c2cccs2)nc1CC(=O)N(C)CC(N)=O. The summed E-state index contributed by atoms with van der Waals surface area (Å²) >= 11 is 1.52. The molecule has 0 bridgehead atoms. The molecule has 0 unspecified atom stereocenters. The number of hydrogen-bond donors (Lipinski definition) is 1. The fourth-order valence-electron chi connectivity index (χ4n) is 1.70. The average Bonchev–Trinajstić information content (AvgIpc) is 2.98. The van der Waals surface area contributed by atoms with Crippen molar-refractivity contribution in [3.8, 4) is 10.8 Å². The Hall–Kier alpha value is -2.15. The Balaban J connectivity index is 2.10. The third kappa shape index (κ3) is 3.24. The van der Waals surface area contributed by atoms with E-state index in [9.17, 15) is 9.59 Å². The lowest BCUT2D eigenvalue weighted by atomic mass is 10.2. The van der Waals surface area contributed by atoms with Crippen LogP contribution in [0.4, 0.5) is 0 Å². The van der Waals surface area contributed by atoms with Crippen LogP contribution in [0, 0.1) is 6.92 Å². The van der Waals surface area contributed by atoms with Gasteiger partial charge in [0.25, 0.3) is 0 Å². The monoisotopic (exact) mass is 293 g/mol. The topological polar surface area (TPSA) is 89.4 Å². The number of carbonyl (C=O) groups is 2. The van der Waals surface area contributed by atoms with Gasteiger partial charge in [-0.15, -0.1) is 11.3 Å². The van der Waals surface area contributed by atoms with Crippen molar-refractivity contribution in [2.45, 2.75) is 13.3 Å². The largest absolute Gasteiger partial charge is 0.440 e. The number of likely N-dealkylation sites (N-methyl/N-ethyl adjacent to an activating group) is 1. The van der Waals surface area contributed by atoms with Crippen molar-refractivity contribution in [1.29, 1.82) is 0 Å². The summed E-state index contributed by atoms with van der Waals surface area (Å²) in [7, 11) is 1.53. The van der Waals surface area contributed by atoms with Crippen molar-refractivity contribution in [3.63, 3.8) is 0 Å². The van der Waals surface area contributed by atoms with Crippen molar-refractivity contribution in [3.05, 3.63) is 29.0 Å². The number of carbonyl (C=O) groups excluding carboxylic acids is 2. The molecule has 0 spiro atoms. The second kappa shape index (κ2) is 5.87. The van der Waals surface area contributed by atoms with Crippen molar-refractivity contribution in [1.82, 2.24) is 9.88 Å². The minimum Gasteiger partial charge on any atom is -0.440 e. The molecule has 0 saturated heterocycles. The molecule has 0 aliphatic carbocycles. The molecule has 106 valence electrons. The van der Waals surface area contributed by atoms with Crippen LogP contribution >= 0.6 is 11.3 Å². The van der Waals surface area contributed by atoms with Gasteiger partial charge < -0.3 is 15.1 Å². The van der Waals surface area contributed by atoms with Crippen LogP contribution in [0.25, 0.3) is 10.8 Å². The maximum Gasteiger partial charge on any atom is 0.237 e. The van der Waals surface area contributed by atoms with Crippen LogP contribution in [0.5, 0.6) is 0 Å². The number of primary amides is 1. The van der Waals surface area contributed by atoms with Crippen molar-refractivity contribution in [2.24, 2.45) is 5.73 Å². The van der Waals surface area contributed by atoms with Gasteiger partial charge in [0, 0.05) is 7.05 Å². The molecule has 2 N–H and O–H groups in total. The fourth-order valence-corrected chi connectivity index (χ4v) is 2.35. The molecule has 2 aromatic heterocycles. The van der Waals surface area contributed by atoms with E-state index in [2.05, 4.69) is 4.98 Å². The number of thiophene rings is 1. The summed E-state index contributed by atoms with van der Waals surface area (Å²) < 4.78 is 5.56. The molecule has 2 aromatic rings. The lowest BCUT2D eigenvalue weighted by molar-refractivity contribution is -0.133.